The van der Waals surface area contributed by atoms with E-state index in [1.807, 2.05) is 0 Å². The number of carbonyl (C=O) groups is 3. The SMILES string of the molecule is COc1ccc(C(=O)NNC(=O)COC(=O)c2ccc3nc(Cl)ccc3c2)cc1OC. The largest absolute Gasteiger partial charge is 0.493 e. The van der Waals surface area contributed by atoms with Gasteiger partial charge in [-0.3, -0.25) is 20.4 Å². The summed E-state index contributed by atoms with van der Waals surface area (Å²) in [5.41, 5.74) is 5.52. The number of esters is 1. The van der Waals surface area contributed by atoms with Crippen molar-refractivity contribution in [3.63, 3.8) is 0 Å². The van der Waals surface area contributed by atoms with E-state index in [1.54, 1.807) is 30.3 Å². The molecule has 1 heterocycles. The lowest BCUT2D eigenvalue weighted by molar-refractivity contribution is -0.125. The van der Waals surface area contributed by atoms with E-state index in [4.69, 9.17) is 25.8 Å². The van der Waals surface area contributed by atoms with E-state index in [2.05, 4.69) is 15.8 Å². The minimum absolute atomic E-state index is 0.236. The van der Waals surface area contributed by atoms with Crippen molar-refractivity contribution in [1.29, 1.82) is 0 Å². The molecule has 10 heteroatoms. The average molecular weight is 444 g/mol. The number of methoxy groups -OCH3 is 2. The first-order chi connectivity index (χ1) is 14.9. The first kappa shape index (κ1) is 21.8. The van der Waals surface area contributed by atoms with E-state index < -0.39 is 24.4 Å². The fourth-order valence-electron chi connectivity index (χ4n) is 2.65. The number of rotatable bonds is 6. The zero-order valence-electron chi connectivity index (χ0n) is 16.6. The molecule has 0 spiro atoms. The van der Waals surface area contributed by atoms with Gasteiger partial charge in [0.15, 0.2) is 18.1 Å². The van der Waals surface area contributed by atoms with Crippen LogP contribution in [-0.2, 0) is 9.53 Å². The summed E-state index contributed by atoms with van der Waals surface area (Å²) >= 11 is 5.84. The molecular weight excluding hydrogens is 426 g/mol. The van der Waals surface area contributed by atoms with Crippen LogP contribution in [0.1, 0.15) is 20.7 Å². The summed E-state index contributed by atoms with van der Waals surface area (Å²) < 4.78 is 15.2. The zero-order valence-corrected chi connectivity index (χ0v) is 17.4. The van der Waals surface area contributed by atoms with Gasteiger partial charge in [-0.2, -0.15) is 0 Å². The molecule has 0 aliphatic rings. The molecule has 0 atom stereocenters. The van der Waals surface area contributed by atoms with Gasteiger partial charge in [-0.15, -0.1) is 0 Å². The Labute approximate surface area is 182 Å². The Kier molecular flexibility index (Phi) is 6.88. The summed E-state index contributed by atoms with van der Waals surface area (Å²) in [5, 5.41) is 1.04. The van der Waals surface area contributed by atoms with Crippen LogP contribution in [0.15, 0.2) is 48.5 Å². The predicted molar refractivity (Wildman–Crippen MR) is 112 cm³/mol. The molecule has 0 fully saturated rings. The van der Waals surface area contributed by atoms with Crippen molar-refractivity contribution in [3.05, 3.63) is 64.8 Å². The second kappa shape index (κ2) is 9.77. The van der Waals surface area contributed by atoms with Crippen molar-refractivity contribution in [2.45, 2.75) is 0 Å². The third kappa shape index (κ3) is 5.40. The number of hydrazine groups is 1. The average Bonchev–Trinajstić information content (AvgIpc) is 2.79. The first-order valence-corrected chi connectivity index (χ1v) is 9.33. The number of carbonyl (C=O) groups excluding carboxylic acids is 3. The number of amides is 2. The third-order valence-electron chi connectivity index (χ3n) is 4.19. The van der Waals surface area contributed by atoms with Crippen LogP contribution in [0.3, 0.4) is 0 Å². The van der Waals surface area contributed by atoms with Crippen LogP contribution in [0.5, 0.6) is 11.5 Å². The minimum atomic E-state index is -0.712. The summed E-state index contributed by atoms with van der Waals surface area (Å²) in [6.07, 6.45) is 0. The number of pyridine rings is 1. The number of nitrogens with one attached hydrogen (secondary N) is 2. The van der Waals surface area contributed by atoms with E-state index in [0.29, 0.717) is 27.6 Å². The lowest BCUT2D eigenvalue weighted by Crippen LogP contribution is -2.43. The highest BCUT2D eigenvalue weighted by Gasteiger charge is 2.14. The fraction of sp³-hybridized carbons (Fsp3) is 0.143. The van der Waals surface area contributed by atoms with Crippen molar-refractivity contribution < 1.29 is 28.6 Å². The molecule has 2 N–H and O–H groups in total. The molecule has 0 aliphatic carbocycles. The number of benzene rings is 2. The minimum Gasteiger partial charge on any atom is -0.493 e. The molecule has 9 nitrogen and oxygen atoms in total. The standard InChI is InChI=1S/C21H18ClN3O6/c1-29-16-7-4-13(10-17(16)30-2)20(27)25-24-19(26)11-31-21(28)14-3-6-15-12(9-14)5-8-18(22)23-15/h3-10H,11H2,1-2H3,(H,24,26)(H,25,27). The third-order valence-corrected chi connectivity index (χ3v) is 4.40. The molecule has 160 valence electrons. The molecule has 3 aromatic rings. The molecule has 0 radical (unpaired) electrons. The van der Waals surface area contributed by atoms with Crippen LogP contribution >= 0.6 is 11.6 Å². The maximum atomic E-state index is 12.2. The van der Waals surface area contributed by atoms with Gasteiger partial charge < -0.3 is 14.2 Å². The molecule has 0 aliphatic heterocycles. The maximum Gasteiger partial charge on any atom is 0.338 e. The van der Waals surface area contributed by atoms with Gasteiger partial charge in [-0.05, 0) is 48.5 Å². The normalized spacial score (nSPS) is 10.3. The van der Waals surface area contributed by atoms with Gasteiger partial charge >= 0.3 is 5.97 Å². The fourth-order valence-corrected chi connectivity index (χ4v) is 2.81. The monoisotopic (exact) mass is 443 g/mol. The van der Waals surface area contributed by atoms with Crippen LogP contribution in [-0.4, -0.2) is 43.6 Å². The number of ether oxygens (including phenoxy) is 3. The Morgan fingerprint density at radius 3 is 2.39 bits per heavy atom. The first-order valence-electron chi connectivity index (χ1n) is 8.96. The van der Waals surface area contributed by atoms with Crippen LogP contribution < -0.4 is 20.3 Å². The topological polar surface area (TPSA) is 116 Å². The number of aromatic nitrogens is 1. The number of halogens is 1. The molecule has 1 aromatic heterocycles. The molecule has 0 saturated heterocycles. The summed E-state index contributed by atoms with van der Waals surface area (Å²) in [7, 11) is 2.92. The lowest BCUT2D eigenvalue weighted by Gasteiger charge is -2.11. The van der Waals surface area contributed by atoms with E-state index in [0.717, 1.165) is 0 Å². The molecule has 0 unspecified atom stereocenters. The summed E-state index contributed by atoms with van der Waals surface area (Å²) in [4.78, 5) is 40.4. The van der Waals surface area contributed by atoms with Crippen molar-refractivity contribution in [2.75, 3.05) is 20.8 Å². The molecule has 2 amide bonds. The number of fused-ring (bicyclic) bond motifs is 1. The van der Waals surface area contributed by atoms with Gasteiger partial charge in [0.05, 0.1) is 25.3 Å². The summed E-state index contributed by atoms with van der Waals surface area (Å²) in [6.45, 7) is -0.581. The van der Waals surface area contributed by atoms with Crippen molar-refractivity contribution in [2.24, 2.45) is 0 Å². The predicted octanol–water partition coefficient (Wildman–Crippen LogP) is 2.52. The number of hydrogen-bond donors (Lipinski definition) is 2. The van der Waals surface area contributed by atoms with Gasteiger partial charge in [0.2, 0.25) is 0 Å². The highest BCUT2D eigenvalue weighted by molar-refractivity contribution is 6.29. The lowest BCUT2D eigenvalue weighted by atomic mass is 10.1. The van der Waals surface area contributed by atoms with Gasteiger partial charge in [-0.25, -0.2) is 9.78 Å². The summed E-state index contributed by atoms with van der Waals surface area (Å²) in [5.74, 6) is -1.17. The van der Waals surface area contributed by atoms with E-state index in [1.165, 1.54) is 32.4 Å². The maximum absolute atomic E-state index is 12.2. The molecular formula is C21H18ClN3O6. The van der Waals surface area contributed by atoms with Crippen LogP contribution in [0.25, 0.3) is 10.9 Å². The van der Waals surface area contributed by atoms with Crippen molar-refractivity contribution >= 4 is 40.3 Å². The van der Waals surface area contributed by atoms with E-state index in [9.17, 15) is 14.4 Å². The molecule has 0 saturated carbocycles. The molecule has 31 heavy (non-hydrogen) atoms. The highest BCUT2D eigenvalue weighted by Crippen LogP contribution is 2.27. The Morgan fingerprint density at radius 2 is 1.65 bits per heavy atom. The quantitative estimate of drug-likeness (QED) is 0.341. The Balaban J connectivity index is 1.52. The Hall–Kier alpha value is -3.85. The van der Waals surface area contributed by atoms with Gasteiger partial charge in [-0.1, -0.05) is 11.6 Å². The Bertz CT molecular complexity index is 1150. The Morgan fingerprint density at radius 1 is 0.903 bits per heavy atom. The highest BCUT2D eigenvalue weighted by atomic mass is 35.5. The molecule has 3 rings (SSSR count). The van der Waals surface area contributed by atoms with Crippen LogP contribution in [0.4, 0.5) is 0 Å². The van der Waals surface area contributed by atoms with Gasteiger partial charge in [0.1, 0.15) is 5.15 Å². The van der Waals surface area contributed by atoms with E-state index >= 15 is 0 Å². The summed E-state index contributed by atoms with van der Waals surface area (Å²) in [6, 6.07) is 12.6. The second-order valence-corrected chi connectivity index (χ2v) is 6.58. The molecule has 0 bridgehead atoms. The van der Waals surface area contributed by atoms with Gasteiger partial charge in [0.25, 0.3) is 11.8 Å². The molecule has 2 aromatic carbocycles. The van der Waals surface area contributed by atoms with Crippen molar-refractivity contribution in [3.8, 4) is 11.5 Å². The number of hydrogen-bond acceptors (Lipinski definition) is 7. The van der Waals surface area contributed by atoms with Crippen LogP contribution in [0, 0.1) is 0 Å². The number of nitrogens with zero attached hydrogens (tertiary/aromatic N) is 1. The second-order valence-electron chi connectivity index (χ2n) is 6.19. The smallest absolute Gasteiger partial charge is 0.338 e. The van der Waals surface area contributed by atoms with Gasteiger partial charge in [0, 0.05) is 10.9 Å². The van der Waals surface area contributed by atoms with E-state index in [-0.39, 0.29) is 11.1 Å². The van der Waals surface area contributed by atoms with Crippen LogP contribution in [0.2, 0.25) is 5.15 Å². The zero-order chi connectivity index (χ0) is 22.4. The van der Waals surface area contributed by atoms with Crippen molar-refractivity contribution in [1.82, 2.24) is 15.8 Å².